The summed E-state index contributed by atoms with van der Waals surface area (Å²) in [6.07, 6.45) is 2.07. The molecule has 0 spiro atoms. The summed E-state index contributed by atoms with van der Waals surface area (Å²) in [5, 5.41) is 0.750. The van der Waals surface area contributed by atoms with Gasteiger partial charge in [0, 0.05) is 18.5 Å². The molecule has 1 aromatic heterocycles. The Morgan fingerprint density at radius 3 is 2.74 bits per heavy atom. The monoisotopic (exact) mass is 279 g/mol. The van der Waals surface area contributed by atoms with Crippen LogP contribution in [-0.2, 0) is 13.5 Å². The van der Waals surface area contributed by atoms with Crippen molar-refractivity contribution in [2.24, 2.45) is 24.6 Å². The Balaban J connectivity index is 2.27. The number of aryl methyl sites for hydroxylation is 1. The molecule has 1 heterocycles. The molecular formula is C15H22ClN3. The molecule has 19 heavy (non-hydrogen) atoms. The van der Waals surface area contributed by atoms with E-state index in [1.54, 1.807) is 0 Å². The maximum atomic E-state index is 6.04. The van der Waals surface area contributed by atoms with Gasteiger partial charge in [0.15, 0.2) is 0 Å². The molecule has 0 saturated carbocycles. The second-order valence-electron chi connectivity index (χ2n) is 5.66. The van der Waals surface area contributed by atoms with Crippen LogP contribution in [-0.4, -0.2) is 16.1 Å². The van der Waals surface area contributed by atoms with Gasteiger partial charge in [-0.1, -0.05) is 25.4 Å². The molecule has 104 valence electrons. The molecule has 2 aromatic rings. The van der Waals surface area contributed by atoms with Crippen LogP contribution in [0, 0.1) is 11.8 Å². The van der Waals surface area contributed by atoms with Crippen LogP contribution in [0.1, 0.15) is 26.1 Å². The minimum atomic E-state index is 0.492. The predicted molar refractivity (Wildman–Crippen MR) is 81.4 cm³/mol. The van der Waals surface area contributed by atoms with Crippen LogP contribution in [0.3, 0.4) is 0 Å². The Bertz CT molecular complexity index is 560. The van der Waals surface area contributed by atoms with E-state index >= 15 is 0 Å². The summed E-state index contributed by atoms with van der Waals surface area (Å²) < 4.78 is 2.13. The van der Waals surface area contributed by atoms with Gasteiger partial charge >= 0.3 is 0 Å². The molecule has 1 unspecified atom stereocenters. The molecule has 0 amide bonds. The van der Waals surface area contributed by atoms with Gasteiger partial charge in [0.05, 0.1) is 11.0 Å². The number of rotatable bonds is 5. The highest BCUT2D eigenvalue weighted by atomic mass is 35.5. The maximum absolute atomic E-state index is 6.04. The van der Waals surface area contributed by atoms with Crippen molar-refractivity contribution >= 4 is 22.6 Å². The highest BCUT2D eigenvalue weighted by Crippen LogP contribution is 2.22. The van der Waals surface area contributed by atoms with E-state index in [1.807, 2.05) is 25.2 Å². The number of nitrogens with two attached hydrogens (primary N) is 1. The number of hydrogen-bond donors (Lipinski definition) is 1. The predicted octanol–water partition coefficient (Wildman–Crippen LogP) is 3.39. The lowest BCUT2D eigenvalue weighted by Gasteiger charge is -2.16. The molecule has 0 bridgehead atoms. The summed E-state index contributed by atoms with van der Waals surface area (Å²) >= 11 is 6.04. The van der Waals surface area contributed by atoms with Crippen molar-refractivity contribution in [2.45, 2.75) is 26.7 Å². The second kappa shape index (κ2) is 5.93. The molecular weight excluding hydrogens is 258 g/mol. The Hall–Kier alpha value is -1.06. The topological polar surface area (TPSA) is 43.8 Å². The Labute approximate surface area is 119 Å². The molecule has 0 aliphatic carbocycles. The fourth-order valence-electron chi connectivity index (χ4n) is 2.58. The van der Waals surface area contributed by atoms with Gasteiger partial charge in [0.2, 0.25) is 0 Å². The van der Waals surface area contributed by atoms with Crippen LogP contribution >= 0.6 is 11.6 Å². The minimum Gasteiger partial charge on any atom is -0.331 e. The second-order valence-corrected chi connectivity index (χ2v) is 6.09. The first-order valence-electron chi connectivity index (χ1n) is 6.82. The first kappa shape index (κ1) is 14.4. The summed E-state index contributed by atoms with van der Waals surface area (Å²) in [6.45, 7) is 5.18. The van der Waals surface area contributed by atoms with Crippen LogP contribution < -0.4 is 5.73 Å². The van der Waals surface area contributed by atoms with E-state index in [-0.39, 0.29) is 0 Å². The molecule has 0 radical (unpaired) electrons. The number of hydrogen-bond acceptors (Lipinski definition) is 2. The third kappa shape index (κ3) is 3.28. The van der Waals surface area contributed by atoms with Crippen LogP contribution in [0.25, 0.3) is 11.0 Å². The quantitative estimate of drug-likeness (QED) is 0.912. The molecule has 3 nitrogen and oxygen atoms in total. The first-order chi connectivity index (χ1) is 9.01. The molecule has 2 N–H and O–H groups in total. The van der Waals surface area contributed by atoms with Crippen molar-refractivity contribution < 1.29 is 0 Å². The summed E-state index contributed by atoms with van der Waals surface area (Å²) in [7, 11) is 2.05. The maximum Gasteiger partial charge on any atom is 0.109 e. The number of aromatic nitrogens is 2. The van der Waals surface area contributed by atoms with Crippen LogP contribution in [0.5, 0.6) is 0 Å². The zero-order valence-electron chi connectivity index (χ0n) is 11.9. The highest BCUT2D eigenvalue weighted by molar-refractivity contribution is 6.31. The number of benzene rings is 1. The molecule has 0 aliphatic heterocycles. The van der Waals surface area contributed by atoms with Crippen molar-refractivity contribution in [3.05, 3.63) is 29.0 Å². The fourth-order valence-corrected chi connectivity index (χ4v) is 2.75. The van der Waals surface area contributed by atoms with Gasteiger partial charge in [-0.3, -0.25) is 0 Å². The highest BCUT2D eigenvalue weighted by Gasteiger charge is 2.15. The van der Waals surface area contributed by atoms with E-state index in [1.165, 1.54) is 0 Å². The summed E-state index contributed by atoms with van der Waals surface area (Å²) in [4.78, 5) is 4.70. The summed E-state index contributed by atoms with van der Waals surface area (Å²) in [5.74, 6) is 2.25. The molecule has 0 aliphatic rings. The Morgan fingerprint density at radius 1 is 1.37 bits per heavy atom. The van der Waals surface area contributed by atoms with Crippen molar-refractivity contribution in [1.29, 1.82) is 0 Å². The van der Waals surface area contributed by atoms with Crippen molar-refractivity contribution in [2.75, 3.05) is 6.54 Å². The lowest BCUT2D eigenvalue weighted by molar-refractivity contribution is 0.406. The van der Waals surface area contributed by atoms with Gasteiger partial charge in [-0.05, 0) is 43.0 Å². The van der Waals surface area contributed by atoms with Crippen molar-refractivity contribution in [3.8, 4) is 0 Å². The number of halogens is 1. The van der Waals surface area contributed by atoms with E-state index in [4.69, 9.17) is 22.3 Å². The fraction of sp³-hybridized carbons (Fsp3) is 0.533. The zero-order valence-corrected chi connectivity index (χ0v) is 12.6. The zero-order chi connectivity index (χ0) is 14.0. The molecule has 0 saturated heterocycles. The summed E-state index contributed by atoms with van der Waals surface area (Å²) in [5.41, 5.74) is 7.97. The number of fused-ring (bicyclic) bond motifs is 1. The molecule has 2 rings (SSSR count). The van der Waals surface area contributed by atoms with Crippen LogP contribution in [0.2, 0.25) is 5.02 Å². The number of imidazole rings is 1. The molecule has 1 aromatic carbocycles. The van der Waals surface area contributed by atoms with E-state index in [0.717, 1.165) is 34.7 Å². The van der Waals surface area contributed by atoms with Gasteiger partial charge in [0.25, 0.3) is 0 Å². The first-order valence-corrected chi connectivity index (χ1v) is 7.20. The van der Waals surface area contributed by atoms with E-state index in [2.05, 4.69) is 18.4 Å². The number of nitrogens with zero attached hydrogens (tertiary/aromatic N) is 2. The molecule has 1 atom stereocenters. The Morgan fingerprint density at radius 2 is 2.11 bits per heavy atom. The lowest BCUT2D eigenvalue weighted by atomic mass is 9.94. The van der Waals surface area contributed by atoms with Gasteiger partial charge in [-0.15, -0.1) is 0 Å². The van der Waals surface area contributed by atoms with Crippen LogP contribution in [0.15, 0.2) is 18.2 Å². The Kier molecular flexibility index (Phi) is 4.48. The van der Waals surface area contributed by atoms with E-state index < -0.39 is 0 Å². The van der Waals surface area contributed by atoms with Gasteiger partial charge < -0.3 is 10.3 Å². The third-order valence-corrected chi connectivity index (χ3v) is 3.78. The third-order valence-electron chi connectivity index (χ3n) is 3.54. The van der Waals surface area contributed by atoms with Crippen molar-refractivity contribution in [3.63, 3.8) is 0 Å². The molecule has 4 heteroatoms. The van der Waals surface area contributed by atoms with Gasteiger partial charge in [0.1, 0.15) is 5.82 Å². The average Bonchev–Trinajstić information content (AvgIpc) is 2.65. The standard InChI is InChI=1S/C15H22ClN3/c1-10(2)6-11(9-17)7-15-18-13-5-4-12(16)8-14(13)19(15)3/h4-5,8,10-11H,6-7,9,17H2,1-3H3. The van der Waals surface area contributed by atoms with Crippen molar-refractivity contribution in [1.82, 2.24) is 9.55 Å². The smallest absolute Gasteiger partial charge is 0.109 e. The van der Waals surface area contributed by atoms with E-state index in [0.29, 0.717) is 18.4 Å². The normalized spacial score (nSPS) is 13.4. The van der Waals surface area contributed by atoms with Gasteiger partial charge in [-0.2, -0.15) is 0 Å². The van der Waals surface area contributed by atoms with Gasteiger partial charge in [-0.25, -0.2) is 4.98 Å². The molecule has 0 fully saturated rings. The largest absolute Gasteiger partial charge is 0.331 e. The lowest BCUT2D eigenvalue weighted by Crippen LogP contribution is -2.20. The minimum absolute atomic E-state index is 0.492. The van der Waals surface area contributed by atoms with Crippen LogP contribution in [0.4, 0.5) is 0 Å². The average molecular weight is 280 g/mol. The summed E-state index contributed by atoms with van der Waals surface area (Å²) in [6, 6.07) is 5.82. The van der Waals surface area contributed by atoms with E-state index in [9.17, 15) is 0 Å². The SMILES string of the molecule is CC(C)CC(CN)Cc1nc2ccc(Cl)cc2n1C.